The fourth-order valence-electron chi connectivity index (χ4n) is 2.40. The lowest BCUT2D eigenvalue weighted by Crippen LogP contribution is -2.01. The van der Waals surface area contributed by atoms with Gasteiger partial charge in [0, 0.05) is 32.7 Å². The van der Waals surface area contributed by atoms with E-state index in [0.29, 0.717) is 16.7 Å². The molecule has 0 spiro atoms. The smallest absolute Gasteiger partial charge is 0.195 e. The highest BCUT2D eigenvalue weighted by molar-refractivity contribution is 9.10. The zero-order chi connectivity index (χ0) is 15.0. The van der Waals surface area contributed by atoms with Crippen LogP contribution in [0.1, 0.15) is 27.0 Å². The zero-order valence-corrected chi connectivity index (χ0v) is 12.9. The van der Waals surface area contributed by atoms with Crippen LogP contribution in [0.2, 0.25) is 0 Å². The summed E-state index contributed by atoms with van der Waals surface area (Å²) < 4.78 is 0.878. The molecule has 4 heteroatoms. The van der Waals surface area contributed by atoms with Crippen LogP contribution in [-0.4, -0.2) is 10.8 Å². The Labute approximate surface area is 130 Å². The van der Waals surface area contributed by atoms with Crippen LogP contribution in [0.4, 0.5) is 0 Å². The summed E-state index contributed by atoms with van der Waals surface area (Å²) in [6.07, 6.45) is 1.70. The molecule has 0 unspecified atom stereocenters. The number of fused-ring (bicyclic) bond motifs is 1. The molecule has 0 amide bonds. The number of hydrogen-bond donors (Lipinski definition) is 1. The van der Waals surface area contributed by atoms with Crippen molar-refractivity contribution in [2.75, 3.05) is 0 Å². The number of nitriles is 1. The van der Waals surface area contributed by atoms with Crippen LogP contribution >= 0.6 is 15.9 Å². The minimum absolute atomic E-state index is 0.0549. The Morgan fingerprint density at radius 3 is 2.76 bits per heavy atom. The Balaban J connectivity index is 2.15. The van der Waals surface area contributed by atoms with Gasteiger partial charge in [-0.3, -0.25) is 4.79 Å². The average Bonchev–Trinajstić information content (AvgIpc) is 2.88. The fraction of sp³-hybridized carbons (Fsp3) is 0.0588. The molecule has 0 aliphatic rings. The van der Waals surface area contributed by atoms with Gasteiger partial charge in [0.1, 0.15) is 0 Å². The predicted molar refractivity (Wildman–Crippen MR) is 85.3 cm³/mol. The zero-order valence-electron chi connectivity index (χ0n) is 11.3. The van der Waals surface area contributed by atoms with Gasteiger partial charge >= 0.3 is 0 Å². The number of benzene rings is 2. The highest BCUT2D eigenvalue weighted by atomic mass is 79.9. The fourth-order valence-corrected chi connectivity index (χ4v) is 3.01. The van der Waals surface area contributed by atoms with E-state index in [9.17, 15) is 4.79 Å². The molecule has 0 radical (unpaired) electrons. The van der Waals surface area contributed by atoms with Gasteiger partial charge in [0.2, 0.25) is 0 Å². The van der Waals surface area contributed by atoms with E-state index in [1.807, 2.05) is 31.2 Å². The average molecular weight is 339 g/mol. The maximum atomic E-state index is 12.7. The van der Waals surface area contributed by atoms with Crippen molar-refractivity contribution >= 4 is 32.6 Å². The van der Waals surface area contributed by atoms with Gasteiger partial charge in [0.25, 0.3) is 0 Å². The van der Waals surface area contributed by atoms with Crippen LogP contribution in [0.15, 0.2) is 47.1 Å². The second-order valence-corrected chi connectivity index (χ2v) is 5.84. The predicted octanol–water partition coefficient (Wildman–Crippen LogP) is 4.34. The molecule has 1 heterocycles. The Morgan fingerprint density at radius 1 is 1.24 bits per heavy atom. The summed E-state index contributed by atoms with van der Waals surface area (Å²) >= 11 is 3.41. The molecule has 102 valence electrons. The number of hydrogen-bond acceptors (Lipinski definition) is 2. The van der Waals surface area contributed by atoms with Crippen molar-refractivity contribution in [3.05, 3.63) is 69.3 Å². The lowest BCUT2D eigenvalue weighted by Gasteiger charge is -2.03. The number of ketones is 1. The molecule has 0 atom stereocenters. The Hall–Kier alpha value is -2.38. The molecule has 21 heavy (non-hydrogen) atoms. The number of aromatic amines is 1. The van der Waals surface area contributed by atoms with E-state index in [-0.39, 0.29) is 5.78 Å². The van der Waals surface area contributed by atoms with Crippen molar-refractivity contribution in [2.24, 2.45) is 0 Å². The van der Waals surface area contributed by atoms with E-state index in [1.165, 1.54) is 0 Å². The lowest BCUT2D eigenvalue weighted by molar-refractivity contribution is 0.104. The molecular weight excluding hydrogens is 328 g/mol. The number of rotatable bonds is 2. The van der Waals surface area contributed by atoms with E-state index < -0.39 is 0 Å². The van der Waals surface area contributed by atoms with Crippen LogP contribution in [0.5, 0.6) is 0 Å². The number of carbonyl (C=O) groups is 1. The van der Waals surface area contributed by atoms with Crippen LogP contribution in [0.3, 0.4) is 0 Å². The SMILES string of the molecule is Cc1cc(Br)cc(C(=O)c2c[nH]c3ccc(C#N)cc23)c1. The topological polar surface area (TPSA) is 56.6 Å². The molecule has 3 aromatic rings. The molecule has 3 rings (SSSR count). The molecule has 0 bridgehead atoms. The Morgan fingerprint density at radius 2 is 2.05 bits per heavy atom. The van der Waals surface area contributed by atoms with Gasteiger partial charge in [-0.25, -0.2) is 0 Å². The monoisotopic (exact) mass is 338 g/mol. The summed E-state index contributed by atoms with van der Waals surface area (Å²) in [5.74, 6) is -0.0549. The van der Waals surface area contributed by atoms with Gasteiger partial charge in [0.05, 0.1) is 11.6 Å². The normalized spacial score (nSPS) is 10.5. The highest BCUT2D eigenvalue weighted by Crippen LogP contribution is 2.24. The summed E-state index contributed by atoms with van der Waals surface area (Å²) in [4.78, 5) is 15.8. The maximum Gasteiger partial charge on any atom is 0.195 e. The first-order valence-electron chi connectivity index (χ1n) is 6.41. The van der Waals surface area contributed by atoms with E-state index >= 15 is 0 Å². The quantitative estimate of drug-likeness (QED) is 0.706. The number of nitrogens with one attached hydrogen (secondary N) is 1. The van der Waals surface area contributed by atoms with Gasteiger partial charge in [-0.2, -0.15) is 5.26 Å². The van der Waals surface area contributed by atoms with Crippen molar-refractivity contribution in [1.29, 1.82) is 5.26 Å². The third-order valence-corrected chi connectivity index (χ3v) is 3.82. The van der Waals surface area contributed by atoms with Crippen molar-refractivity contribution in [2.45, 2.75) is 6.92 Å². The molecular formula is C17H11BrN2O. The summed E-state index contributed by atoms with van der Waals surface area (Å²) in [7, 11) is 0. The minimum atomic E-state index is -0.0549. The number of nitrogens with zero attached hydrogens (tertiary/aromatic N) is 1. The second-order valence-electron chi connectivity index (χ2n) is 4.92. The summed E-state index contributed by atoms with van der Waals surface area (Å²) in [6.45, 7) is 1.95. The highest BCUT2D eigenvalue weighted by Gasteiger charge is 2.15. The van der Waals surface area contributed by atoms with Crippen molar-refractivity contribution in [1.82, 2.24) is 4.98 Å². The molecule has 1 aromatic heterocycles. The summed E-state index contributed by atoms with van der Waals surface area (Å²) in [6, 6.07) is 13.0. The first-order chi connectivity index (χ1) is 10.1. The molecule has 2 aromatic carbocycles. The van der Waals surface area contributed by atoms with Gasteiger partial charge < -0.3 is 4.98 Å². The third kappa shape index (κ3) is 2.48. The minimum Gasteiger partial charge on any atom is -0.360 e. The first kappa shape index (κ1) is 13.6. The molecule has 1 N–H and O–H groups in total. The van der Waals surface area contributed by atoms with Crippen LogP contribution in [-0.2, 0) is 0 Å². The molecule has 0 aliphatic carbocycles. The standard InChI is InChI=1S/C17H11BrN2O/c1-10-4-12(7-13(18)5-10)17(21)15-9-20-16-3-2-11(8-19)6-14(15)16/h2-7,9,20H,1H3. The van der Waals surface area contributed by atoms with Gasteiger partial charge in [0.15, 0.2) is 5.78 Å². The van der Waals surface area contributed by atoms with Crippen LogP contribution < -0.4 is 0 Å². The summed E-state index contributed by atoms with van der Waals surface area (Å²) in [5, 5.41) is 9.78. The molecule has 0 fully saturated rings. The van der Waals surface area contributed by atoms with Gasteiger partial charge in [-0.05, 0) is 48.9 Å². The Bertz CT molecular complexity index is 883. The van der Waals surface area contributed by atoms with E-state index in [2.05, 4.69) is 27.0 Å². The van der Waals surface area contributed by atoms with Crippen molar-refractivity contribution < 1.29 is 4.79 Å². The van der Waals surface area contributed by atoms with Crippen LogP contribution in [0, 0.1) is 18.3 Å². The van der Waals surface area contributed by atoms with Crippen molar-refractivity contribution in [3.8, 4) is 6.07 Å². The van der Waals surface area contributed by atoms with E-state index in [0.717, 1.165) is 20.9 Å². The molecule has 0 saturated carbocycles. The van der Waals surface area contributed by atoms with Crippen molar-refractivity contribution in [3.63, 3.8) is 0 Å². The number of halogens is 1. The van der Waals surface area contributed by atoms with E-state index in [1.54, 1.807) is 18.3 Å². The number of carbonyl (C=O) groups excluding carboxylic acids is 1. The maximum absolute atomic E-state index is 12.7. The Kier molecular flexibility index (Phi) is 3.36. The van der Waals surface area contributed by atoms with E-state index in [4.69, 9.17) is 5.26 Å². The van der Waals surface area contributed by atoms with Gasteiger partial charge in [-0.1, -0.05) is 15.9 Å². The lowest BCUT2D eigenvalue weighted by atomic mass is 10.0. The van der Waals surface area contributed by atoms with Crippen LogP contribution in [0.25, 0.3) is 10.9 Å². The van der Waals surface area contributed by atoms with Gasteiger partial charge in [-0.15, -0.1) is 0 Å². The number of aromatic nitrogens is 1. The summed E-state index contributed by atoms with van der Waals surface area (Å²) in [5.41, 5.74) is 3.63. The number of H-pyrrole nitrogens is 1. The molecule has 0 aliphatic heterocycles. The largest absolute Gasteiger partial charge is 0.360 e. The number of aryl methyl sites for hydroxylation is 1. The molecule has 3 nitrogen and oxygen atoms in total. The first-order valence-corrected chi connectivity index (χ1v) is 7.21. The second kappa shape index (κ2) is 5.19. The third-order valence-electron chi connectivity index (χ3n) is 3.36. The molecule has 0 saturated heterocycles.